The Balaban J connectivity index is 1.11. The summed E-state index contributed by atoms with van der Waals surface area (Å²) in [5.74, 6) is 0. The van der Waals surface area contributed by atoms with E-state index < -0.39 is 0 Å². The molecule has 12 rings (SSSR count). The third-order valence-corrected chi connectivity index (χ3v) is 14.1. The summed E-state index contributed by atoms with van der Waals surface area (Å²) < 4.78 is 6.58. The molecule has 0 saturated heterocycles. The van der Waals surface area contributed by atoms with E-state index in [1.165, 1.54) is 10.1 Å². The lowest BCUT2D eigenvalue weighted by molar-refractivity contribution is 1.18. The molecule has 2 nitrogen and oxygen atoms in total. The fraction of sp³-hybridized carbons (Fsp3) is 0. The van der Waals surface area contributed by atoms with Gasteiger partial charge in [0.05, 0.1) is 11.0 Å². The molecule has 0 unspecified atom stereocenters. The molecule has 0 bridgehead atoms. The minimum Gasteiger partial charge on any atom is -0.310 e. The van der Waals surface area contributed by atoms with Gasteiger partial charge in [0.25, 0.3) is 0 Å². The SMILES string of the molecule is [B]c1c([B])c([B])c2c(c1[B])c1c([B])c(-c3ccc4c(c3)c3ccc(-c5ccccc5)cc3n4-c3ccc(-c4ccccc4)cc3)c([B])c([B])c1n2-c1ccc2c(c1)sc1ccccc12. The van der Waals surface area contributed by atoms with E-state index in [-0.39, 0.29) is 21.9 Å². The summed E-state index contributed by atoms with van der Waals surface area (Å²) >= 11 is 1.71. The Hall–Kier alpha value is -6.75. The Morgan fingerprint density at radius 1 is 0.312 bits per heavy atom. The van der Waals surface area contributed by atoms with Crippen LogP contribution in [0, 0.1) is 0 Å². The fourth-order valence-corrected chi connectivity index (χ4v) is 11.0. The summed E-state index contributed by atoms with van der Waals surface area (Å²) in [7, 11) is 48.8. The monoisotopic (exact) mass is 812 g/mol. The van der Waals surface area contributed by atoms with Crippen LogP contribution < -0.4 is 38.2 Å². The van der Waals surface area contributed by atoms with Crippen LogP contribution in [0.25, 0.3) is 109 Å². The van der Waals surface area contributed by atoms with Crippen molar-refractivity contribution in [2.45, 2.75) is 0 Å². The lowest BCUT2D eigenvalue weighted by Crippen LogP contribution is -2.48. The van der Waals surface area contributed by atoms with Gasteiger partial charge in [-0.3, -0.25) is 0 Å². The van der Waals surface area contributed by atoms with Crippen LogP contribution in [-0.2, 0) is 0 Å². The van der Waals surface area contributed by atoms with Gasteiger partial charge < -0.3 is 9.13 Å². The van der Waals surface area contributed by atoms with Crippen LogP contribution in [0.4, 0.5) is 0 Å². The minimum atomic E-state index is 0.182. The van der Waals surface area contributed by atoms with E-state index in [0.29, 0.717) is 43.8 Å². The Morgan fingerprint density at radius 3 is 1.59 bits per heavy atom. The van der Waals surface area contributed by atoms with Crippen molar-refractivity contribution >= 4 is 168 Å². The molecule has 0 aliphatic heterocycles. The van der Waals surface area contributed by atoms with Crippen molar-refractivity contribution in [3.63, 3.8) is 0 Å². The van der Waals surface area contributed by atoms with Gasteiger partial charge in [-0.15, -0.1) is 22.3 Å². The molecule has 280 valence electrons. The van der Waals surface area contributed by atoms with E-state index in [2.05, 4.69) is 144 Å². The highest BCUT2D eigenvalue weighted by molar-refractivity contribution is 7.25. The molecule has 0 aliphatic carbocycles. The predicted octanol–water partition coefficient (Wildman–Crippen LogP) is 6.81. The highest BCUT2D eigenvalue weighted by atomic mass is 32.1. The van der Waals surface area contributed by atoms with Crippen LogP contribution in [0.5, 0.6) is 0 Å². The van der Waals surface area contributed by atoms with Gasteiger partial charge >= 0.3 is 0 Å². The lowest BCUT2D eigenvalue weighted by Gasteiger charge is -2.19. The third-order valence-electron chi connectivity index (χ3n) is 12.9. The molecular formula is C54H27B7N2S. The number of fused-ring (bicyclic) bond motifs is 9. The second kappa shape index (κ2) is 14.7. The second-order valence-electron chi connectivity index (χ2n) is 16.4. The molecule has 3 aromatic heterocycles. The minimum absolute atomic E-state index is 0.182. The average Bonchev–Trinajstić information content (AvgIpc) is 4.00. The maximum atomic E-state index is 7.41. The quantitative estimate of drug-likeness (QED) is 0.169. The molecule has 0 aliphatic rings. The van der Waals surface area contributed by atoms with E-state index in [1.807, 2.05) is 28.8 Å². The molecule has 9 aromatic carbocycles. The van der Waals surface area contributed by atoms with Gasteiger partial charge in [-0.2, -0.15) is 0 Å². The number of nitrogens with zero attached hydrogens (tertiary/aromatic N) is 2. The lowest BCUT2D eigenvalue weighted by atomic mass is 9.64. The van der Waals surface area contributed by atoms with E-state index >= 15 is 0 Å². The Kier molecular flexibility index (Phi) is 8.91. The fourth-order valence-electron chi connectivity index (χ4n) is 9.81. The molecule has 3 heterocycles. The molecule has 0 N–H and O–H groups in total. The number of aromatic nitrogens is 2. The summed E-state index contributed by atoms with van der Waals surface area (Å²) in [4.78, 5) is 0. The van der Waals surface area contributed by atoms with Gasteiger partial charge in [0, 0.05) is 58.7 Å². The topological polar surface area (TPSA) is 9.86 Å². The molecule has 64 heavy (non-hydrogen) atoms. The molecule has 0 atom stereocenters. The first-order chi connectivity index (χ1) is 31.2. The van der Waals surface area contributed by atoms with Gasteiger partial charge in [-0.25, -0.2) is 0 Å². The first-order valence-corrected chi connectivity index (χ1v) is 21.8. The molecular weight excluding hydrogens is 784 g/mol. The molecule has 10 heteroatoms. The van der Waals surface area contributed by atoms with Gasteiger partial charge in [-0.1, -0.05) is 143 Å². The van der Waals surface area contributed by atoms with Crippen LogP contribution in [0.2, 0.25) is 0 Å². The summed E-state index contributed by atoms with van der Waals surface area (Å²) in [6, 6.07) is 57.2. The van der Waals surface area contributed by atoms with Crippen molar-refractivity contribution in [1.29, 1.82) is 0 Å². The van der Waals surface area contributed by atoms with Crippen molar-refractivity contribution in [2.75, 3.05) is 0 Å². The zero-order valence-corrected chi connectivity index (χ0v) is 35.2. The van der Waals surface area contributed by atoms with Crippen LogP contribution in [0.1, 0.15) is 0 Å². The highest BCUT2D eigenvalue weighted by Crippen LogP contribution is 2.39. The standard InChI is InChI=1S/C54H27B7N2S/c55-46-43(47(56)51(60)53-44(46)45-48(57)49(58)50(59)52(61)54(45)63(53)34-21-23-37-36-13-7-8-14-41(36)64-42(37)27-34)32-18-24-39-38(25-32)35-22-17-31(29-11-5-2-6-12-29)26-40(35)62(39)33-19-15-30(16-20-33)28-9-3-1-4-10-28/h1-27H. The van der Waals surface area contributed by atoms with E-state index in [0.717, 1.165) is 71.1 Å². The molecule has 0 saturated carbocycles. The first-order valence-electron chi connectivity index (χ1n) is 21.0. The maximum absolute atomic E-state index is 7.41. The van der Waals surface area contributed by atoms with Crippen LogP contribution >= 0.6 is 11.3 Å². The smallest absolute Gasteiger partial charge is 0.115 e. The van der Waals surface area contributed by atoms with Gasteiger partial charge in [0.15, 0.2) is 0 Å². The zero-order valence-electron chi connectivity index (χ0n) is 34.4. The van der Waals surface area contributed by atoms with Crippen molar-refractivity contribution < 1.29 is 0 Å². The Morgan fingerprint density at radius 2 is 0.859 bits per heavy atom. The molecule has 0 amide bonds. The molecule has 14 radical (unpaired) electrons. The average molecular weight is 812 g/mol. The van der Waals surface area contributed by atoms with Crippen LogP contribution in [0.15, 0.2) is 164 Å². The van der Waals surface area contributed by atoms with Gasteiger partial charge in [-0.05, 0) is 87.3 Å². The van der Waals surface area contributed by atoms with Crippen LogP contribution in [-0.4, -0.2) is 64.1 Å². The van der Waals surface area contributed by atoms with E-state index in [9.17, 15) is 0 Å². The molecule has 12 aromatic rings. The van der Waals surface area contributed by atoms with E-state index in [4.69, 9.17) is 54.9 Å². The van der Waals surface area contributed by atoms with Crippen molar-refractivity contribution in [2.24, 2.45) is 0 Å². The predicted molar refractivity (Wildman–Crippen MR) is 282 cm³/mol. The molecule has 0 fully saturated rings. The largest absolute Gasteiger partial charge is 0.310 e. The normalized spacial score (nSPS) is 11.9. The van der Waals surface area contributed by atoms with Crippen molar-refractivity contribution in [3.05, 3.63) is 164 Å². The number of thiophene rings is 1. The summed E-state index contributed by atoms with van der Waals surface area (Å²) in [6.45, 7) is 0. The van der Waals surface area contributed by atoms with Crippen molar-refractivity contribution in [3.8, 4) is 44.8 Å². The second-order valence-corrected chi connectivity index (χ2v) is 17.5. The number of hydrogen-bond acceptors (Lipinski definition) is 1. The Labute approximate surface area is 383 Å². The zero-order chi connectivity index (χ0) is 43.5. The van der Waals surface area contributed by atoms with Crippen LogP contribution in [0.3, 0.4) is 0 Å². The van der Waals surface area contributed by atoms with E-state index in [1.54, 1.807) is 11.3 Å². The number of rotatable bonds is 5. The first kappa shape index (κ1) is 38.9. The Bertz CT molecular complexity index is 3910. The highest BCUT2D eigenvalue weighted by Gasteiger charge is 2.25. The number of benzene rings is 9. The number of hydrogen-bond donors (Lipinski definition) is 0. The summed E-state index contributed by atoms with van der Waals surface area (Å²) in [6.07, 6.45) is 0. The van der Waals surface area contributed by atoms with Gasteiger partial charge in [0.1, 0.15) is 54.9 Å². The maximum Gasteiger partial charge on any atom is 0.115 e. The third kappa shape index (κ3) is 5.68. The van der Waals surface area contributed by atoms with Gasteiger partial charge in [0.2, 0.25) is 0 Å². The molecule has 0 spiro atoms. The summed E-state index contributed by atoms with van der Waals surface area (Å²) in [5.41, 5.74) is 13.0. The summed E-state index contributed by atoms with van der Waals surface area (Å²) in [5, 5.41) is 5.59. The van der Waals surface area contributed by atoms with Crippen molar-refractivity contribution in [1.82, 2.24) is 9.13 Å².